The van der Waals surface area contributed by atoms with Gasteiger partial charge in [0.15, 0.2) is 5.78 Å². The zero-order valence-electron chi connectivity index (χ0n) is 27.3. The Balaban J connectivity index is 2.08. The average molecular weight is 657 g/mol. The van der Waals surface area contributed by atoms with E-state index in [4.69, 9.17) is 5.73 Å². The maximum Gasteiger partial charge on any atom is 0.292 e. The van der Waals surface area contributed by atoms with Crippen molar-refractivity contribution in [3.8, 4) is 0 Å². The van der Waals surface area contributed by atoms with Gasteiger partial charge in [-0.3, -0.25) is 44.7 Å². The van der Waals surface area contributed by atoms with Crippen LogP contribution in [0, 0.1) is 48.6 Å². The standard InChI is InChI=1S/C32H44N6O9/c1-21-13-15-27(37(44)45)25(18-21)34-17-9-8-11-24(35-26-20-23(36(42)43)14-16-28(26)38(46)47)29(39)12-7-5-6-10-22(31(33)41)19-30(40)32(2,3)4/h13-16,18,20,22,24,34-35H,5-12,17,19H2,1-4H3,(H2,33,41). The lowest BCUT2D eigenvalue weighted by molar-refractivity contribution is -0.388. The van der Waals surface area contributed by atoms with Crippen LogP contribution in [0.3, 0.4) is 0 Å². The van der Waals surface area contributed by atoms with Crippen molar-refractivity contribution in [1.29, 1.82) is 0 Å². The second-order valence-electron chi connectivity index (χ2n) is 12.7. The normalized spacial score (nSPS) is 12.5. The molecule has 0 radical (unpaired) electrons. The van der Waals surface area contributed by atoms with Gasteiger partial charge in [-0.05, 0) is 50.7 Å². The average Bonchev–Trinajstić information content (AvgIpc) is 2.98. The minimum Gasteiger partial charge on any atom is -0.379 e. The number of aryl methyl sites for hydroxylation is 1. The predicted molar refractivity (Wildman–Crippen MR) is 177 cm³/mol. The number of nitrogens with two attached hydrogens (primary N) is 1. The highest BCUT2D eigenvalue weighted by molar-refractivity contribution is 5.89. The van der Waals surface area contributed by atoms with Gasteiger partial charge in [-0.25, -0.2) is 0 Å². The number of Topliss-reactive ketones (excluding diaryl/α,β-unsaturated/α-hetero) is 2. The molecule has 0 saturated heterocycles. The molecule has 1 amide bonds. The van der Waals surface area contributed by atoms with Crippen LogP contribution in [-0.4, -0.2) is 44.8 Å². The monoisotopic (exact) mass is 656 g/mol. The second-order valence-corrected chi connectivity index (χ2v) is 12.7. The van der Waals surface area contributed by atoms with E-state index in [0.717, 1.165) is 23.8 Å². The molecule has 2 unspecified atom stereocenters. The summed E-state index contributed by atoms with van der Waals surface area (Å²) in [6.45, 7) is 7.50. The van der Waals surface area contributed by atoms with E-state index >= 15 is 0 Å². The number of nitro benzene ring substituents is 3. The Hall–Kier alpha value is -4.95. The first-order valence-corrected chi connectivity index (χ1v) is 15.5. The Kier molecular flexibility index (Phi) is 14.4. The van der Waals surface area contributed by atoms with Crippen molar-refractivity contribution in [2.75, 3.05) is 17.2 Å². The molecule has 0 aromatic heterocycles. The minimum absolute atomic E-state index is 0.0534. The minimum atomic E-state index is -0.896. The molecule has 0 spiro atoms. The molecule has 0 saturated carbocycles. The summed E-state index contributed by atoms with van der Waals surface area (Å²) in [7, 11) is 0. The third-order valence-corrected chi connectivity index (χ3v) is 7.84. The Labute approximate surface area is 273 Å². The number of unbranched alkanes of at least 4 members (excludes halogenated alkanes) is 3. The number of carbonyl (C=O) groups excluding carboxylic acids is 3. The molecule has 0 aliphatic heterocycles. The van der Waals surface area contributed by atoms with Gasteiger partial charge in [0.2, 0.25) is 5.91 Å². The van der Waals surface area contributed by atoms with Gasteiger partial charge in [0.1, 0.15) is 17.2 Å². The fourth-order valence-corrected chi connectivity index (χ4v) is 4.98. The molecule has 47 heavy (non-hydrogen) atoms. The molecule has 2 aromatic rings. The molecule has 2 aromatic carbocycles. The van der Waals surface area contributed by atoms with Gasteiger partial charge in [0.25, 0.3) is 17.1 Å². The molecule has 2 atom stereocenters. The number of amides is 1. The summed E-state index contributed by atoms with van der Waals surface area (Å²) >= 11 is 0. The number of hydrogen-bond donors (Lipinski definition) is 3. The molecule has 0 aliphatic rings. The van der Waals surface area contributed by atoms with Crippen molar-refractivity contribution in [2.45, 2.75) is 91.5 Å². The highest BCUT2D eigenvalue weighted by atomic mass is 16.6. The molecule has 0 heterocycles. The van der Waals surface area contributed by atoms with Crippen LogP contribution >= 0.6 is 0 Å². The second kappa shape index (κ2) is 17.7. The van der Waals surface area contributed by atoms with Crippen LogP contribution in [0.25, 0.3) is 0 Å². The van der Waals surface area contributed by atoms with Crippen LogP contribution in [0.15, 0.2) is 36.4 Å². The molecule has 0 bridgehead atoms. The Morgan fingerprint density at radius 1 is 0.809 bits per heavy atom. The molecule has 15 heteroatoms. The number of carbonyl (C=O) groups is 3. The van der Waals surface area contributed by atoms with Crippen LogP contribution in [0.1, 0.15) is 84.1 Å². The van der Waals surface area contributed by atoms with Crippen LogP contribution in [0.2, 0.25) is 0 Å². The van der Waals surface area contributed by atoms with Crippen LogP contribution < -0.4 is 16.4 Å². The first-order chi connectivity index (χ1) is 22.0. The number of ketones is 2. The molecule has 0 aliphatic carbocycles. The summed E-state index contributed by atoms with van der Waals surface area (Å²) in [6, 6.07) is 6.89. The molecule has 4 N–H and O–H groups in total. The van der Waals surface area contributed by atoms with E-state index in [1.54, 1.807) is 32.9 Å². The lowest BCUT2D eigenvalue weighted by Gasteiger charge is -2.20. The summed E-state index contributed by atoms with van der Waals surface area (Å²) in [6.07, 6.45) is 3.36. The van der Waals surface area contributed by atoms with Crippen molar-refractivity contribution >= 4 is 45.9 Å². The molecule has 0 fully saturated rings. The van der Waals surface area contributed by atoms with Gasteiger partial charge in [-0.1, -0.05) is 39.7 Å². The van der Waals surface area contributed by atoms with Crippen LogP contribution in [0.4, 0.5) is 28.4 Å². The highest BCUT2D eigenvalue weighted by Crippen LogP contribution is 2.31. The lowest BCUT2D eigenvalue weighted by atomic mass is 9.83. The number of primary amides is 1. The maximum absolute atomic E-state index is 13.4. The van der Waals surface area contributed by atoms with Crippen molar-refractivity contribution < 1.29 is 29.2 Å². The largest absolute Gasteiger partial charge is 0.379 e. The third-order valence-electron chi connectivity index (χ3n) is 7.84. The Morgan fingerprint density at radius 3 is 2.02 bits per heavy atom. The Morgan fingerprint density at radius 2 is 1.43 bits per heavy atom. The maximum atomic E-state index is 13.4. The fraction of sp³-hybridized carbons (Fsp3) is 0.531. The first-order valence-electron chi connectivity index (χ1n) is 15.5. The zero-order valence-corrected chi connectivity index (χ0v) is 27.3. The topological polar surface area (TPSA) is 231 Å². The number of nitrogens with one attached hydrogen (secondary N) is 2. The quantitative estimate of drug-likeness (QED) is 0.0754. The molecular weight excluding hydrogens is 612 g/mol. The molecule has 2 rings (SSSR count). The number of non-ortho nitro benzene ring substituents is 1. The van der Waals surface area contributed by atoms with Gasteiger partial charge < -0.3 is 16.4 Å². The number of nitro groups is 3. The summed E-state index contributed by atoms with van der Waals surface area (Å²) in [4.78, 5) is 70.2. The number of hydrogen-bond acceptors (Lipinski definition) is 11. The first kappa shape index (κ1) is 38.2. The van der Waals surface area contributed by atoms with Crippen molar-refractivity contribution in [2.24, 2.45) is 17.1 Å². The van der Waals surface area contributed by atoms with E-state index in [1.165, 1.54) is 6.07 Å². The fourth-order valence-electron chi connectivity index (χ4n) is 4.98. The summed E-state index contributed by atoms with van der Waals surface area (Å²) in [5, 5.41) is 40.3. The number of rotatable bonds is 21. The van der Waals surface area contributed by atoms with E-state index in [0.29, 0.717) is 50.8 Å². The number of nitrogens with zero attached hydrogens (tertiary/aromatic N) is 3. The number of anilines is 2. The number of benzene rings is 2. The van der Waals surface area contributed by atoms with Crippen LogP contribution in [0.5, 0.6) is 0 Å². The summed E-state index contributed by atoms with van der Waals surface area (Å²) < 4.78 is 0. The lowest BCUT2D eigenvalue weighted by Crippen LogP contribution is -2.30. The van der Waals surface area contributed by atoms with E-state index < -0.39 is 43.7 Å². The van der Waals surface area contributed by atoms with E-state index in [1.807, 2.05) is 6.92 Å². The summed E-state index contributed by atoms with van der Waals surface area (Å²) in [5.74, 6) is -1.46. The van der Waals surface area contributed by atoms with E-state index in [2.05, 4.69) is 10.6 Å². The van der Waals surface area contributed by atoms with Gasteiger partial charge in [-0.2, -0.15) is 0 Å². The van der Waals surface area contributed by atoms with Gasteiger partial charge in [0, 0.05) is 55.0 Å². The van der Waals surface area contributed by atoms with Crippen molar-refractivity contribution in [1.82, 2.24) is 0 Å². The van der Waals surface area contributed by atoms with Crippen molar-refractivity contribution in [3.63, 3.8) is 0 Å². The highest BCUT2D eigenvalue weighted by Gasteiger charge is 2.28. The van der Waals surface area contributed by atoms with Gasteiger partial charge in [-0.15, -0.1) is 0 Å². The molecular formula is C32H44N6O9. The smallest absolute Gasteiger partial charge is 0.292 e. The van der Waals surface area contributed by atoms with Crippen molar-refractivity contribution in [3.05, 3.63) is 72.3 Å². The zero-order chi connectivity index (χ0) is 35.3. The SMILES string of the molecule is Cc1ccc([N+](=O)[O-])c(NCCCCC(Nc2cc([N+](=O)[O-])ccc2[N+](=O)[O-])C(=O)CCCCCC(CC(=O)C(C)(C)C)C(N)=O)c1. The Bertz CT molecular complexity index is 1470. The van der Waals surface area contributed by atoms with E-state index in [-0.39, 0.29) is 47.9 Å². The molecule has 256 valence electrons. The van der Waals surface area contributed by atoms with Crippen LogP contribution in [-0.2, 0) is 14.4 Å². The van der Waals surface area contributed by atoms with E-state index in [9.17, 15) is 44.7 Å². The summed E-state index contributed by atoms with van der Waals surface area (Å²) in [5.41, 5.74) is 5.14. The van der Waals surface area contributed by atoms with Gasteiger partial charge >= 0.3 is 0 Å². The third kappa shape index (κ3) is 12.4. The molecule has 15 nitrogen and oxygen atoms in total. The predicted octanol–water partition coefficient (Wildman–Crippen LogP) is 6.41. The van der Waals surface area contributed by atoms with Gasteiger partial charge in [0.05, 0.1) is 20.8 Å².